The second-order valence-electron chi connectivity index (χ2n) is 2.34. The van der Waals surface area contributed by atoms with E-state index in [0.717, 1.165) is 10.6 Å². The van der Waals surface area contributed by atoms with E-state index in [1.54, 1.807) is 17.6 Å². The molecule has 0 radical (unpaired) electrons. The Morgan fingerprint density at radius 3 is 2.85 bits per heavy atom. The van der Waals surface area contributed by atoms with Crippen LogP contribution in [0.5, 0.6) is 0 Å². The van der Waals surface area contributed by atoms with Crippen LogP contribution < -0.4 is 0 Å². The van der Waals surface area contributed by atoms with Crippen LogP contribution in [0.4, 0.5) is 0 Å². The fourth-order valence-corrected chi connectivity index (χ4v) is 2.36. The Balaban J connectivity index is 2.39. The van der Waals surface area contributed by atoms with Gasteiger partial charge in [-0.1, -0.05) is 0 Å². The summed E-state index contributed by atoms with van der Waals surface area (Å²) in [5.41, 5.74) is 2.58. The normalized spacial score (nSPS) is 10.2. The summed E-state index contributed by atoms with van der Waals surface area (Å²) < 4.78 is 0. The largest absolute Gasteiger partial charge is 0.477 e. The number of thiophene rings is 1. The number of rotatable bonds is 2. The van der Waals surface area contributed by atoms with Crippen molar-refractivity contribution >= 4 is 28.6 Å². The highest BCUT2D eigenvalue weighted by Gasteiger charge is 2.08. The Hall–Kier alpha value is -1.20. The maximum Gasteiger partial charge on any atom is 0.345 e. The molecule has 0 aromatic carbocycles. The maximum absolute atomic E-state index is 10.6. The molecule has 66 valence electrons. The number of hydrogen-bond donors (Lipinski definition) is 1. The number of hydrogen-bond acceptors (Lipinski definition) is 4. The second-order valence-corrected chi connectivity index (χ2v) is 4.15. The van der Waals surface area contributed by atoms with E-state index in [1.165, 1.54) is 22.7 Å². The highest BCUT2D eigenvalue weighted by molar-refractivity contribution is 7.17. The van der Waals surface area contributed by atoms with Crippen LogP contribution in [0.1, 0.15) is 9.67 Å². The van der Waals surface area contributed by atoms with Gasteiger partial charge in [0.2, 0.25) is 0 Å². The van der Waals surface area contributed by atoms with Crippen molar-refractivity contribution in [3.05, 3.63) is 27.9 Å². The highest BCUT2D eigenvalue weighted by Crippen LogP contribution is 2.27. The lowest BCUT2D eigenvalue weighted by atomic mass is 10.4. The zero-order chi connectivity index (χ0) is 9.26. The van der Waals surface area contributed by atoms with Crippen molar-refractivity contribution < 1.29 is 9.90 Å². The van der Waals surface area contributed by atoms with Gasteiger partial charge in [-0.15, -0.1) is 22.7 Å². The lowest BCUT2D eigenvalue weighted by Crippen LogP contribution is -1.89. The molecule has 5 heteroatoms. The quantitative estimate of drug-likeness (QED) is 0.830. The summed E-state index contributed by atoms with van der Waals surface area (Å²) >= 11 is 2.74. The molecule has 3 nitrogen and oxygen atoms in total. The number of carboxylic acid groups (broad SMARTS) is 1. The smallest absolute Gasteiger partial charge is 0.345 e. The lowest BCUT2D eigenvalue weighted by molar-refractivity contribution is 0.0702. The Labute approximate surface area is 82.3 Å². The van der Waals surface area contributed by atoms with Gasteiger partial charge in [-0.3, -0.25) is 0 Å². The lowest BCUT2D eigenvalue weighted by Gasteiger charge is -1.86. The maximum atomic E-state index is 10.6. The Morgan fingerprint density at radius 2 is 2.31 bits per heavy atom. The molecule has 0 aliphatic heterocycles. The van der Waals surface area contributed by atoms with E-state index in [2.05, 4.69) is 4.98 Å². The van der Waals surface area contributed by atoms with Crippen LogP contribution in [0.25, 0.3) is 10.6 Å². The zero-order valence-electron chi connectivity index (χ0n) is 6.43. The SMILES string of the molecule is O=C(O)c1ccc(-c2cscn2)s1. The summed E-state index contributed by atoms with van der Waals surface area (Å²) in [5, 5.41) is 10.6. The van der Waals surface area contributed by atoms with E-state index in [9.17, 15) is 4.79 Å². The summed E-state index contributed by atoms with van der Waals surface area (Å²) in [7, 11) is 0. The van der Waals surface area contributed by atoms with Gasteiger partial charge in [0.1, 0.15) is 4.88 Å². The fraction of sp³-hybridized carbons (Fsp3) is 0. The molecule has 2 aromatic rings. The molecule has 2 heterocycles. The predicted molar refractivity (Wildman–Crippen MR) is 52.4 cm³/mol. The summed E-state index contributed by atoms with van der Waals surface area (Å²) in [6.45, 7) is 0. The molecular formula is C8H5NO2S2. The van der Waals surface area contributed by atoms with Crippen LogP contribution in [0, 0.1) is 0 Å². The van der Waals surface area contributed by atoms with Crippen LogP contribution in [0.15, 0.2) is 23.0 Å². The topological polar surface area (TPSA) is 50.2 Å². The van der Waals surface area contributed by atoms with Gasteiger partial charge in [0.15, 0.2) is 0 Å². The monoisotopic (exact) mass is 211 g/mol. The number of carboxylic acids is 1. The van der Waals surface area contributed by atoms with Crippen LogP contribution >= 0.6 is 22.7 Å². The van der Waals surface area contributed by atoms with Gasteiger partial charge in [-0.2, -0.15) is 0 Å². The molecule has 0 atom stereocenters. The van der Waals surface area contributed by atoms with Crippen molar-refractivity contribution in [2.75, 3.05) is 0 Å². The zero-order valence-corrected chi connectivity index (χ0v) is 8.06. The van der Waals surface area contributed by atoms with Gasteiger partial charge in [0.25, 0.3) is 0 Å². The van der Waals surface area contributed by atoms with Crippen molar-refractivity contribution in [3.8, 4) is 10.6 Å². The molecule has 1 N–H and O–H groups in total. The minimum Gasteiger partial charge on any atom is -0.477 e. The molecule has 0 saturated carbocycles. The van der Waals surface area contributed by atoms with Gasteiger partial charge in [-0.05, 0) is 12.1 Å². The first-order chi connectivity index (χ1) is 6.27. The van der Waals surface area contributed by atoms with E-state index in [0.29, 0.717) is 4.88 Å². The molecule has 0 unspecified atom stereocenters. The molecule has 0 bridgehead atoms. The number of thiazole rings is 1. The molecule has 2 aromatic heterocycles. The first-order valence-corrected chi connectivity index (χ1v) is 5.25. The Kier molecular flexibility index (Phi) is 2.12. The van der Waals surface area contributed by atoms with Crippen molar-refractivity contribution in [2.45, 2.75) is 0 Å². The van der Waals surface area contributed by atoms with E-state index in [1.807, 2.05) is 5.38 Å². The minimum atomic E-state index is -0.883. The molecule has 0 amide bonds. The van der Waals surface area contributed by atoms with Gasteiger partial charge < -0.3 is 5.11 Å². The summed E-state index contributed by atoms with van der Waals surface area (Å²) in [6, 6.07) is 3.38. The Bertz CT molecular complexity index is 419. The van der Waals surface area contributed by atoms with Crippen LogP contribution in [0.3, 0.4) is 0 Å². The van der Waals surface area contributed by atoms with E-state index in [4.69, 9.17) is 5.11 Å². The van der Waals surface area contributed by atoms with Crippen molar-refractivity contribution in [2.24, 2.45) is 0 Å². The average Bonchev–Trinajstić information content (AvgIpc) is 2.75. The number of aromatic carboxylic acids is 1. The molecule has 13 heavy (non-hydrogen) atoms. The van der Waals surface area contributed by atoms with Crippen LogP contribution in [0.2, 0.25) is 0 Å². The first-order valence-electron chi connectivity index (χ1n) is 3.49. The standard InChI is InChI=1S/C8H5NO2S2/c10-8(11)7-2-1-6(13-7)5-3-12-4-9-5/h1-4H,(H,10,11). The van der Waals surface area contributed by atoms with Gasteiger partial charge in [-0.25, -0.2) is 9.78 Å². The highest BCUT2D eigenvalue weighted by atomic mass is 32.1. The minimum absolute atomic E-state index is 0.350. The molecular weight excluding hydrogens is 206 g/mol. The van der Waals surface area contributed by atoms with Gasteiger partial charge >= 0.3 is 5.97 Å². The molecule has 2 rings (SSSR count). The first kappa shape index (κ1) is 8.40. The Morgan fingerprint density at radius 1 is 1.46 bits per heavy atom. The van der Waals surface area contributed by atoms with Gasteiger partial charge in [0.05, 0.1) is 16.1 Å². The van der Waals surface area contributed by atoms with Crippen molar-refractivity contribution in [1.82, 2.24) is 4.98 Å². The third-order valence-electron chi connectivity index (χ3n) is 1.50. The molecule has 0 spiro atoms. The van der Waals surface area contributed by atoms with Crippen LogP contribution in [-0.4, -0.2) is 16.1 Å². The average molecular weight is 211 g/mol. The molecule has 0 aliphatic carbocycles. The summed E-state index contributed by atoms with van der Waals surface area (Å²) in [4.78, 5) is 15.9. The number of aromatic nitrogens is 1. The third kappa shape index (κ3) is 1.61. The van der Waals surface area contributed by atoms with E-state index in [-0.39, 0.29) is 0 Å². The molecule has 0 saturated heterocycles. The van der Waals surface area contributed by atoms with Crippen molar-refractivity contribution in [3.63, 3.8) is 0 Å². The van der Waals surface area contributed by atoms with E-state index < -0.39 is 5.97 Å². The molecule has 0 aliphatic rings. The van der Waals surface area contributed by atoms with Crippen molar-refractivity contribution in [1.29, 1.82) is 0 Å². The van der Waals surface area contributed by atoms with Gasteiger partial charge in [0, 0.05) is 5.38 Å². The third-order valence-corrected chi connectivity index (χ3v) is 3.18. The molecule has 0 fully saturated rings. The summed E-state index contributed by atoms with van der Waals surface area (Å²) in [5.74, 6) is -0.883. The second kappa shape index (κ2) is 3.27. The predicted octanol–water partition coefficient (Wildman–Crippen LogP) is 2.57. The number of carbonyl (C=O) groups is 1. The van der Waals surface area contributed by atoms with E-state index >= 15 is 0 Å². The van der Waals surface area contributed by atoms with Crippen LogP contribution in [-0.2, 0) is 0 Å². The number of nitrogens with zero attached hydrogens (tertiary/aromatic N) is 1. The fourth-order valence-electron chi connectivity index (χ4n) is 0.925. The summed E-state index contributed by atoms with van der Waals surface area (Å²) in [6.07, 6.45) is 0.